The van der Waals surface area contributed by atoms with Crippen LogP contribution >= 0.6 is 11.3 Å². The van der Waals surface area contributed by atoms with E-state index in [1.165, 1.54) is 39.9 Å². The van der Waals surface area contributed by atoms with Crippen LogP contribution in [0, 0.1) is 26.2 Å². The summed E-state index contributed by atoms with van der Waals surface area (Å²) in [7, 11) is -3.51. The van der Waals surface area contributed by atoms with E-state index in [9.17, 15) is 13.2 Å². The number of nitrogens with zero attached hydrogens (tertiary/aromatic N) is 3. The lowest BCUT2D eigenvalue weighted by molar-refractivity contribution is 0.0998. The van der Waals surface area contributed by atoms with Crippen molar-refractivity contribution in [2.75, 3.05) is 13.1 Å². The topological polar surface area (TPSA) is 71.7 Å². The van der Waals surface area contributed by atoms with Gasteiger partial charge < -0.3 is 4.57 Å². The maximum absolute atomic E-state index is 12.8. The molecule has 1 aromatic heterocycles. The van der Waals surface area contributed by atoms with Crippen molar-refractivity contribution < 1.29 is 13.2 Å². The molecule has 2 aromatic carbocycles. The highest BCUT2D eigenvalue weighted by molar-refractivity contribution is 7.89. The molecule has 0 radical (unpaired) electrons. The smallest absolute Gasteiger partial charge is 0.279 e. The predicted molar refractivity (Wildman–Crippen MR) is 122 cm³/mol. The van der Waals surface area contributed by atoms with Gasteiger partial charge in [0, 0.05) is 18.7 Å². The van der Waals surface area contributed by atoms with Crippen LogP contribution in [0.2, 0.25) is 0 Å². The summed E-state index contributed by atoms with van der Waals surface area (Å²) in [5, 5.41) is 0. The van der Waals surface area contributed by atoms with Crippen LogP contribution in [0.15, 0.2) is 46.3 Å². The average molecular weight is 454 g/mol. The zero-order chi connectivity index (χ0) is 22.2. The van der Waals surface area contributed by atoms with Crippen LogP contribution in [0.25, 0.3) is 10.2 Å². The lowest BCUT2D eigenvalue weighted by Gasteiger charge is -2.15. The number of terminal acetylenes is 1. The van der Waals surface area contributed by atoms with Gasteiger partial charge in [0.1, 0.15) is 0 Å². The van der Waals surface area contributed by atoms with Gasteiger partial charge in [0.2, 0.25) is 10.0 Å². The molecule has 0 spiro atoms. The summed E-state index contributed by atoms with van der Waals surface area (Å²) in [4.78, 5) is 17.8. The molecule has 1 saturated heterocycles. The summed E-state index contributed by atoms with van der Waals surface area (Å²) < 4.78 is 29.7. The molecule has 31 heavy (non-hydrogen) atoms. The Labute approximate surface area is 185 Å². The maximum Gasteiger partial charge on any atom is 0.279 e. The van der Waals surface area contributed by atoms with Crippen molar-refractivity contribution in [3.8, 4) is 12.3 Å². The molecule has 1 amide bonds. The molecular weight excluding hydrogens is 430 g/mol. The average Bonchev–Trinajstić information content (AvgIpc) is 3.39. The molecule has 160 valence electrons. The lowest BCUT2D eigenvalue weighted by Crippen LogP contribution is -2.27. The van der Waals surface area contributed by atoms with Crippen molar-refractivity contribution >= 4 is 37.5 Å². The van der Waals surface area contributed by atoms with E-state index in [0.717, 1.165) is 34.2 Å². The Balaban J connectivity index is 1.70. The molecule has 1 fully saturated rings. The van der Waals surface area contributed by atoms with Crippen LogP contribution in [0.5, 0.6) is 0 Å². The second kappa shape index (κ2) is 8.42. The number of aryl methyl sites for hydroxylation is 2. The third kappa shape index (κ3) is 4.09. The number of hydrogen-bond acceptors (Lipinski definition) is 4. The number of aromatic nitrogens is 1. The SMILES string of the molecule is C#CCn1c(=NC(=O)c2ccc(S(=O)(=O)N3CCCC3)cc2)sc2cc(C)c(C)cc21. The van der Waals surface area contributed by atoms with Crippen molar-refractivity contribution in [2.45, 2.75) is 38.1 Å². The summed E-state index contributed by atoms with van der Waals surface area (Å²) in [5.41, 5.74) is 3.58. The van der Waals surface area contributed by atoms with Crippen LogP contribution in [0.3, 0.4) is 0 Å². The fraction of sp³-hybridized carbons (Fsp3) is 0.304. The van der Waals surface area contributed by atoms with Crippen molar-refractivity contribution in [1.82, 2.24) is 8.87 Å². The van der Waals surface area contributed by atoms with Gasteiger partial charge in [0.15, 0.2) is 4.80 Å². The Morgan fingerprint density at radius 1 is 1.13 bits per heavy atom. The third-order valence-electron chi connectivity index (χ3n) is 5.55. The molecule has 0 aliphatic carbocycles. The number of amides is 1. The van der Waals surface area contributed by atoms with Gasteiger partial charge in [-0.15, -0.1) is 6.42 Å². The first-order valence-corrected chi connectivity index (χ1v) is 12.3. The van der Waals surface area contributed by atoms with E-state index in [1.807, 2.05) is 18.4 Å². The number of benzene rings is 2. The van der Waals surface area contributed by atoms with Crippen LogP contribution in [0.4, 0.5) is 0 Å². The lowest BCUT2D eigenvalue weighted by atomic mass is 10.1. The summed E-state index contributed by atoms with van der Waals surface area (Å²) >= 11 is 1.41. The summed E-state index contributed by atoms with van der Waals surface area (Å²) in [6.45, 7) is 5.46. The van der Waals surface area contributed by atoms with Crippen molar-refractivity contribution in [2.24, 2.45) is 4.99 Å². The van der Waals surface area contributed by atoms with Crippen LogP contribution in [-0.2, 0) is 16.6 Å². The van der Waals surface area contributed by atoms with E-state index >= 15 is 0 Å². The first-order valence-electron chi connectivity index (χ1n) is 10.0. The second-order valence-corrected chi connectivity index (χ2v) is 10.6. The van der Waals surface area contributed by atoms with E-state index in [2.05, 4.69) is 23.0 Å². The number of carbonyl (C=O) groups is 1. The fourth-order valence-corrected chi connectivity index (χ4v) is 6.27. The van der Waals surface area contributed by atoms with E-state index in [4.69, 9.17) is 6.42 Å². The van der Waals surface area contributed by atoms with Crippen LogP contribution < -0.4 is 4.80 Å². The summed E-state index contributed by atoms with van der Waals surface area (Å²) in [5.74, 6) is 2.19. The van der Waals surface area contributed by atoms with Crippen molar-refractivity contribution in [3.63, 3.8) is 0 Å². The monoisotopic (exact) mass is 453 g/mol. The first kappa shape index (κ1) is 21.5. The van der Waals surface area contributed by atoms with Gasteiger partial charge in [-0.25, -0.2) is 8.42 Å². The molecule has 0 saturated carbocycles. The normalized spacial score (nSPS) is 15.5. The second-order valence-electron chi connectivity index (χ2n) is 7.63. The zero-order valence-electron chi connectivity index (χ0n) is 17.5. The first-order chi connectivity index (χ1) is 14.8. The number of rotatable bonds is 4. The van der Waals surface area contributed by atoms with Gasteiger partial charge in [-0.2, -0.15) is 9.30 Å². The van der Waals surface area contributed by atoms with Gasteiger partial charge in [-0.3, -0.25) is 4.79 Å². The highest BCUT2D eigenvalue weighted by Crippen LogP contribution is 2.23. The van der Waals surface area contributed by atoms with E-state index in [1.54, 1.807) is 0 Å². The zero-order valence-corrected chi connectivity index (χ0v) is 19.1. The van der Waals surface area contributed by atoms with Crippen molar-refractivity contribution in [1.29, 1.82) is 0 Å². The number of sulfonamides is 1. The Hall–Kier alpha value is -2.73. The van der Waals surface area contributed by atoms with Crippen molar-refractivity contribution in [3.05, 3.63) is 57.9 Å². The predicted octanol–water partition coefficient (Wildman–Crippen LogP) is 3.48. The fourth-order valence-electron chi connectivity index (χ4n) is 3.65. The molecule has 8 heteroatoms. The molecule has 1 aliphatic heterocycles. The van der Waals surface area contributed by atoms with E-state index in [0.29, 0.717) is 30.0 Å². The molecule has 0 N–H and O–H groups in total. The van der Waals surface area contributed by atoms with Gasteiger partial charge in [-0.05, 0) is 74.2 Å². The Morgan fingerprint density at radius 3 is 2.42 bits per heavy atom. The van der Waals surface area contributed by atoms with Crippen LogP contribution in [-0.4, -0.2) is 36.3 Å². The molecule has 3 aromatic rings. The van der Waals surface area contributed by atoms with E-state index in [-0.39, 0.29) is 4.90 Å². The minimum Gasteiger partial charge on any atom is -0.305 e. The molecule has 0 unspecified atom stereocenters. The molecule has 1 aliphatic rings. The summed E-state index contributed by atoms with van der Waals surface area (Å²) in [6.07, 6.45) is 7.30. The Kier molecular flexibility index (Phi) is 5.84. The number of hydrogen-bond donors (Lipinski definition) is 0. The highest BCUT2D eigenvalue weighted by Gasteiger charge is 2.27. The molecular formula is C23H23N3O3S2. The van der Waals surface area contributed by atoms with Gasteiger partial charge in [0.25, 0.3) is 5.91 Å². The standard InChI is InChI=1S/C23H23N3O3S2/c1-4-11-26-20-14-16(2)17(3)15-21(20)30-23(26)24-22(27)18-7-9-19(10-8-18)31(28,29)25-12-5-6-13-25/h1,7-10,14-15H,5-6,11-13H2,2-3H3. The highest BCUT2D eigenvalue weighted by atomic mass is 32.2. The minimum absolute atomic E-state index is 0.196. The van der Waals surface area contributed by atoms with Gasteiger partial charge in [-0.1, -0.05) is 17.3 Å². The molecule has 4 rings (SSSR count). The number of fused-ring (bicyclic) bond motifs is 1. The molecule has 2 heterocycles. The third-order valence-corrected chi connectivity index (χ3v) is 8.50. The largest absolute Gasteiger partial charge is 0.305 e. The molecule has 0 bridgehead atoms. The number of carbonyl (C=O) groups excluding carboxylic acids is 1. The number of thiazole rings is 1. The minimum atomic E-state index is -3.51. The Bertz CT molecular complexity index is 1370. The van der Waals surface area contributed by atoms with Gasteiger partial charge in [0.05, 0.1) is 21.7 Å². The molecule has 6 nitrogen and oxygen atoms in total. The molecule has 0 atom stereocenters. The van der Waals surface area contributed by atoms with Gasteiger partial charge >= 0.3 is 0 Å². The van der Waals surface area contributed by atoms with E-state index < -0.39 is 15.9 Å². The van der Waals surface area contributed by atoms with Crippen LogP contribution in [0.1, 0.15) is 34.3 Å². The quantitative estimate of drug-likeness (QED) is 0.568. The maximum atomic E-state index is 12.8. The Morgan fingerprint density at radius 2 is 1.77 bits per heavy atom. The summed E-state index contributed by atoms with van der Waals surface area (Å²) in [6, 6.07) is 10.1.